The van der Waals surface area contributed by atoms with Crippen LogP contribution in [0.25, 0.3) is 16.7 Å². The van der Waals surface area contributed by atoms with Gasteiger partial charge in [-0.05, 0) is 53.9 Å². The summed E-state index contributed by atoms with van der Waals surface area (Å²) in [5.74, 6) is -0.887. The van der Waals surface area contributed by atoms with Crippen molar-refractivity contribution in [2.24, 2.45) is 0 Å². The van der Waals surface area contributed by atoms with Crippen LogP contribution in [0.3, 0.4) is 0 Å². The molecule has 3 amide bonds. The van der Waals surface area contributed by atoms with E-state index in [0.717, 1.165) is 41.5 Å². The fourth-order valence-electron chi connectivity index (χ4n) is 6.53. The van der Waals surface area contributed by atoms with Crippen LogP contribution in [-0.4, -0.2) is 75.8 Å². The van der Waals surface area contributed by atoms with Crippen molar-refractivity contribution in [2.45, 2.75) is 31.8 Å². The third kappa shape index (κ3) is 7.07. The van der Waals surface area contributed by atoms with Crippen molar-refractivity contribution in [3.05, 3.63) is 124 Å². The minimum atomic E-state index is -0.918. The molecule has 2 aliphatic rings. The van der Waals surface area contributed by atoms with Gasteiger partial charge in [-0.15, -0.1) is 0 Å². The van der Waals surface area contributed by atoms with Gasteiger partial charge in [0.05, 0.1) is 11.7 Å². The van der Waals surface area contributed by atoms with Gasteiger partial charge in [-0.2, -0.15) is 0 Å². The Bertz CT molecular complexity index is 2050. The number of carbonyl (C=O) groups is 3. The average Bonchev–Trinajstić information content (AvgIpc) is 3.81. The van der Waals surface area contributed by atoms with E-state index in [4.69, 9.17) is 16.0 Å². The molecular weight excluding hydrogens is 644 g/mol. The first-order chi connectivity index (χ1) is 23.8. The van der Waals surface area contributed by atoms with Crippen molar-refractivity contribution in [2.75, 3.05) is 37.6 Å². The molecule has 7 rings (SSSR count). The fourth-order valence-corrected chi connectivity index (χ4v) is 6.66. The lowest BCUT2D eigenvalue weighted by atomic mass is 10.0. The van der Waals surface area contributed by atoms with Gasteiger partial charge in [-0.3, -0.25) is 19.2 Å². The summed E-state index contributed by atoms with van der Waals surface area (Å²) in [6, 6.07) is 20.6. The van der Waals surface area contributed by atoms with Gasteiger partial charge >= 0.3 is 0 Å². The molecule has 49 heavy (non-hydrogen) atoms. The van der Waals surface area contributed by atoms with Gasteiger partial charge in [0.2, 0.25) is 11.8 Å². The summed E-state index contributed by atoms with van der Waals surface area (Å²) in [5.41, 5.74) is 3.57. The molecule has 12 heteroatoms. The van der Waals surface area contributed by atoms with E-state index in [1.165, 1.54) is 0 Å². The summed E-state index contributed by atoms with van der Waals surface area (Å²) in [6.07, 6.45) is 6.73. The Morgan fingerprint density at radius 1 is 0.939 bits per heavy atom. The van der Waals surface area contributed by atoms with Crippen molar-refractivity contribution in [3.63, 3.8) is 0 Å². The molecule has 0 bridgehead atoms. The third-order valence-corrected chi connectivity index (χ3v) is 9.40. The van der Waals surface area contributed by atoms with Gasteiger partial charge in [0.25, 0.3) is 5.91 Å². The summed E-state index contributed by atoms with van der Waals surface area (Å²) >= 11 is 6.11. The number of carbonyl (C=O) groups excluding carboxylic acids is 3. The molecule has 0 spiro atoms. The Labute approximate surface area is 287 Å². The number of likely N-dealkylation sites (tertiary alicyclic amines) is 1. The number of hydrogen-bond donors (Lipinski definition) is 1. The van der Waals surface area contributed by atoms with E-state index in [0.29, 0.717) is 49.6 Å². The highest BCUT2D eigenvalue weighted by Crippen LogP contribution is 2.26. The van der Waals surface area contributed by atoms with E-state index in [-0.39, 0.29) is 35.0 Å². The predicted octanol–water partition coefficient (Wildman–Crippen LogP) is 4.44. The average molecular weight is 679 g/mol. The summed E-state index contributed by atoms with van der Waals surface area (Å²) in [5, 5.41) is 3.74. The molecule has 250 valence electrons. The van der Waals surface area contributed by atoms with Crippen LogP contribution in [0.4, 0.5) is 5.69 Å². The standard InChI is InChI=1S/C37H35ClN6O5/c38-27-9-7-25(8-10-27)20-30(40-36(47)34-22-32(45)29-21-28(11-12-33(29)49-34)44-15-13-39-24-44)37(48)42-18-16-41(17-19-42)31-5-2-1-4-26(31)23-43-14-3-6-35(43)46/h1-2,4-5,7-13,15,21-22,24,30H,3,6,14,16-20,23H2,(H,40,47)/t30-/m0/s1. The zero-order valence-corrected chi connectivity index (χ0v) is 27.5. The maximum absolute atomic E-state index is 14.1. The van der Waals surface area contributed by atoms with E-state index in [1.54, 1.807) is 58.5 Å². The van der Waals surface area contributed by atoms with Crippen LogP contribution >= 0.6 is 11.6 Å². The number of nitrogens with one attached hydrogen (secondary N) is 1. The second kappa shape index (κ2) is 14.0. The number of imidazole rings is 1. The van der Waals surface area contributed by atoms with Gasteiger partial charge in [0, 0.05) is 87.0 Å². The van der Waals surface area contributed by atoms with E-state index in [9.17, 15) is 19.2 Å². The number of amides is 3. The van der Waals surface area contributed by atoms with Gasteiger partial charge in [0.15, 0.2) is 11.2 Å². The highest BCUT2D eigenvalue weighted by Gasteiger charge is 2.31. The highest BCUT2D eigenvalue weighted by molar-refractivity contribution is 6.30. The molecule has 4 heterocycles. The topological polar surface area (TPSA) is 121 Å². The molecule has 1 atom stereocenters. The van der Waals surface area contributed by atoms with Crippen LogP contribution < -0.4 is 15.6 Å². The summed E-state index contributed by atoms with van der Waals surface area (Å²) in [6.45, 7) is 3.43. The van der Waals surface area contributed by atoms with Crippen molar-refractivity contribution in [1.29, 1.82) is 0 Å². The Morgan fingerprint density at radius 3 is 2.47 bits per heavy atom. The summed E-state index contributed by atoms with van der Waals surface area (Å²) in [7, 11) is 0. The third-order valence-electron chi connectivity index (χ3n) is 9.15. The van der Waals surface area contributed by atoms with Crippen LogP contribution in [0.2, 0.25) is 5.02 Å². The molecule has 0 aliphatic carbocycles. The monoisotopic (exact) mass is 678 g/mol. The first-order valence-corrected chi connectivity index (χ1v) is 16.7. The Morgan fingerprint density at radius 2 is 1.73 bits per heavy atom. The molecule has 3 aromatic carbocycles. The number of halogens is 1. The van der Waals surface area contributed by atoms with Crippen LogP contribution in [-0.2, 0) is 22.6 Å². The highest BCUT2D eigenvalue weighted by atomic mass is 35.5. The predicted molar refractivity (Wildman–Crippen MR) is 186 cm³/mol. The summed E-state index contributed by atoms with van der Waals surface area (Å²) < 4.78 is 7.65. The molecule has 2 aromatic heterocycles. The maximum atomic E-state index is 14.1. The van der Waals surface area contributed by atoms with Crippen molar-refractivity contribution < 1.29 is 18.8 Å². The lowest BCUT2D eigenvalue weighted by Gasteiger charge is -2.38. The SMILES string of the molecule is O=C(N[C@@H](Cc1ccc(Cl)cc1)C(=O)N1CCN(c2ccccc2CN2CCCC2=O)CC1)c1cc(=O)c2cc(-n3ccnc3)ccc2o1. The number of fused-ring (bicyclic) bond motifs is 1. The van der Waals surface area contributed by atoms with Crippen LogP contribution in [0.15, 0.2) is 101 Å². The second-order valence-corrected chi connectivity index (χ2v) is 12.8. The molecule has 2 fully saturated rings. The second-order valence-electron chi connectivity index (χ2n) is 12.3. The molecule has 5 aromatic rings. The Kier molecular flexibility index (Phi) is 9.17. The number of benzene rings is 3. The molecule has 11 nitrogen and oxygen atoms in total. The van der Waals surface area contributed by atoms with E-state index in [2.05, 4.69) is 27.3 Å². The smallest absolute Gasteiger partial charge is 0.287 e. The number of nitrogens with zero attached hydrogens (tertiary/aromatic N) is 5. The lowest BCUT2D eigenvalue weighted by Crippen LogP contribution is -2.55. The molecule has 0 radical (unpaired) electrons. The Hall–Kier alpha value is -5.42. The van der Waals surface area contributed by atoms with Crippen LogP contribution in [0, 0.1) is 0 Å². The number of aromatic nitrogens is 2. The molecular formula is C37H35ClN6O5. The molecule has 0 unspecified atom stereocenters. The zero-order chi connectivity index (χ0) is 33.9. The minimum absolute atomic E-state index is 0.181. The van der Waals surface area contributed by atoms with Crippen molar-refractivity contribution >= 4 is 46.0 Å². The van der Waals surface area contributed by atoms with Gasteiger partial charge in [-0.1, -0.05) is 41.9 Å². The number of rotatable bonds is 9. The van der Waals surface area contributed by atoms with E-state index >= 15 is 0 Å². The van der Waals surface area contributed by atoms with Crippen molar-refractivity contribution in [3.8, 4) is 5.69 Å². The minimum Gasteiger partial charge on any atom is -0.451 e. The van der Waals surface area contributed by atoms with E-state index < -0.39 is 11.9 Å². The van der Waals surface area contributed by atoms with E-state index in [1.807, 2.05) is 29.2 Å². The fraction of sp³-hybridized carbons (Fsp3) is 0.270. The quantitative estimate of drug-likeness (QED) is 0.245. The van der Waals surface area contributed by atoms with Gasteiger partial charge in [0.1, 0.15) is 11.6 Å². The molecule has 0 saturated carbocycles. The normalized spacial score (nSPS) is 15.5. The largest absolute Gasteiger partial charge is 0.451 e. The van der Waals surface area contributed by atoms with Crippen LogP contribution in [0.1, 0.15) is 34.5 Å². The van der Waals surface area contributed by atoms with Gasteiger partial charge in [-0.25, -0.2) is 4.98 Å². The number of anilines is 1. The van der Waals surface area contributed by atoms with Gasteiger partial charge < -0.3 is 29.0 Å². The Balaban J connectivity index is 1.08. The first-order valence-electron chi connectivity index (χ1n) is 16.3. The van der Waals surface area contributed by atoms with Crippen LogP contribution in [0.5, 0.6) is 0 Å². The molecule has 1 N–H and O–H groups in total. The number of para-hydroxylation sites is 1. The zero-order valence-electron chi connectivity index (χ0n) is 26.8. The molecule has 2 saturated heterocycles. The van der Waals surface area contributed by atoms with Crippen molar-refractivity contribution in [1.82, 2.24) is 24.7 Å². The number of piperazine rings is 1. The molecule has 2 aliphatic heterocycles. The number of hydrogen-bond acceptors (Lipinski definition) is 7. The first kappa shape index (κ1) is 32.1. The lowest BCUT2D eigenvalue weighted by molar-refractivity contribution is -0.133. The maximum Gasteiger partial charge on any atom is 0.287 e. The summed E-state index contributed by atoms with van der Waals surface area (Å²) in [4.78, 5) is 63.0.